The molecule has 3 N–H and O–H groups in total. The van der Waals surface area contributed by atoms with Crippen molar-refractivity contribution in [2.24, 2.45) is 0 Å². The lowest BCUT2D eigenvalue weighted by Gasteiger charge is -2.30. The summed E-state index contributed by atoms with van der Waals surface area (Å²) in [5.74, 6) is -2.35. The zero-order chi connectivity index (χ0) is 19.9. The molecule has 7 nitrogen and oxygen atoms in total. The van der Waals surface area contributed by atoms with Crippen LogP contribution < -0.4 is 10.6 Å². The van der Waals surface area contributed by atoms with Gasteiger partial charge in [-0.15, -0.1) is 0 Å². The van der Waals surface area contributed by atoms with E-state index in [2.05, 4.69) is 10.6 Å². The highest BCUT2D eigenvalue weighted by Gasteiger charge is 2.46. The van der Waals surface area contributed by atoms with Crippen molar-refractivity contribution < 1.29 is 23.1 Å². The lowest BCUT2D eigenvalue weighted by atomic mass is 10.1. The fourth-order valence-corrected chi connectivity index (χ4v) is 5.18. The zero-order valence-electron chi connectivity index (χ0n) is 14.5. The highest BCUT2D eigenvalue weighted by atomic mass is 35.5. The Morgan fingerprint density at radius 1 is 1.15 bits per heavy atom. The molecule has 0 fully saturated rings. The van der Waals surface area contributed by atoms with Crippen LogP contribution in [-0.2, 0) is 19.4 Å². The molecule has 2 atom stereocenters. The number of carboxylic acids is 1. The molecule has 1 amide bonds. The average Bonchev–Trinajstić information content (AvgIpc) is 2.58. The number of carbonyl (C=O) groups excluding carboxylic acids is 1. The quantitative estimate of drug-likeness (QED) is 0.716. The number of rotatable bonds is 4. The Labute approximate surface area is 161 Å². The standard InChI is InChI=1S/C18H17ClN2O5S/c1-9-8-14(10(2)7-11(9)19)27(25,26)16(18(23)24)15-17(22)21-13-6-4-3-5-12(13)20-15/h3-8,15-16,20H,1-2H3,(H,21,22)(H,23,24). The smallest absolute Gasteiger partial charge is 0.325 e. The topological polar surface area (TPSA) is 113 Å². The van der Waals surface area contributed by atoms with E-state index >= 15 is 0 Å². The van der Waals surface area contributed by atoms with Crippen LogP contribution in [0.2, 0.25) is 5.02 Å². The molecule has 0 saturated heterocycles. The second-order valence-electron chi connectivity index (χ2n) is 6.33. The molecule has 0 bridgehead atoms. The van der Waals surface area contributed by atoms with Crippen molar-refractivity contribution in [1.29, 1.82) is 0 Å². The van der Waals surface area contributed by atoms with Gasteiger partial charge in [-0.2, -0.15) is 0 Å². The van der Waals surface area contributed by atoms with Crippen LogP contribution in [0, 0.1) is 13.8 Å². The highest BCUT2D eigenvalue weighted by Crippen LogP contribution is 2.32. The van der Waals surface area contributed by atoms with Crippen molar-refractivity contribution in [3.8, 4) is 0 Å². The van der Waals surface area contributed by atoms with Gasteiger partial charge in [-0.05, 0) is 49.2 Å². The van der Waals surface area contributed by atoms with Gasteiger partial charge in [0.15, 0.2) is 15.1 Å². The molecule has 2 unspecified atom stereocenters. The molecular formula is C18H17ClN2O5S. The molecule has 0 spiro atoms. The van der Waals surface area contributed by atoms with Crippen LogP contribution in [0.25, 0.3) is 0 Å². The van der Waals surface area contributed by atoms with E-state index in [0.717, 1.165) is 0 Å². The van der Waals surface area contributed by atoms with Crippen molar-refractivity contribution in [3.05, 3.63) is 52.5 Å². The van der Waals surface area contributed by atoms with Crippen molar-refractivity contribution in [1.82, 2.24) is 0 Å². The van der Waals surface area contributed by atoms with Gasteiger partial charge < -0.3 is 15.7 Å². The Kier molecular flexibility index (Phi) is 4.88. The maximum Gasteiger partial charge on any atom is 0.325 e. The Bertz CT molecular complexity index is 1050. The van der Waals surface area contributed by atoms with E-state index in [1.165, 1.54) is 19.1 Å². The van der Waals surface area contributed by atoms with Gasteiger partial charge in [-0.1, -0.05) is 23.7 Å². The van der Waals surface area contributed by atoms with Crippen molar-refractivity contribution in [2.75, 3.05) is 10.6 Å². The lowest BCUT2D eigenvalue weighted by Crippen LogP contribution is -2.53. The van der Waals surface area contributed by atoms with Crippen LogP contribution in [0.3, 0.4) is 0 Å². The maximum atomic E-state index is 13.2. The minimum atomic E-state index is -4.39. The van der Waals surface area contributed by atoms with Gasteiger partial charge in [0.1, 0.15) is 6.04 Å². The molecule has 0 aliphatic carbocycles. The van der Waals surface area contributed by atoms with Crippen LogP contribution in [0.5, 0.6) is 0 Å². The van der Waals surface area contributed by atoms with Crippen molar-refractivity contribution >= 4 is 44.7 Å². The molecular weight excluding hydrogens is 392 g/mol. The third-order valence-corrected chi connectivity index (χ3v) is 7.02. The normalized spacial score (nSPS) is 17.4. The number of sulfone groups is 1. The molecule has 27 heavy (non-hydrogen) atoms. The first-order chi connectivity index (χ1) is 12.6. The first-order valence-corrected chi connectivity index (χ1v) is 9.95. The van der Waals surface area contributed by atoms with Gasteiger partial charge in [-0.25, -0.2) is 8.42 Å². The van der Waals surface area contributed by atoms with Gasteiger partial charge in [0.05, 0.1) is 16.3 Å². The second-order valence-corrected chi connectivity index (χ2v) is 8.77. The van der Waals surface area contributed by atoms with Gasteiger partial charge in [-0.3, -0.25) is 9.59 Å². The minimum absolute atomic E-state index is 0.162. The molecule has 2 aromatic rings. The second kappa shape index (κ2) is 6.86. The number of hydrogen-bond acceptors (Lipinski definition) is 5. The van der Waals surface area contributed by atoms with Gasteiger partial charge in [0.2, 0.25) is 5.91 Å². The fourth-order valence-electron chi connectivity index (χ4n) is 3.03. The third kappa shape index (κ3) is 3.38. The summed E-state index contributed by atoms with van der Waals surface area (Å²) in [6.45, 7) is 3.15. The zero-order valence-corrected chi connectivity index (χ0v) is 16.1. The van der Waals surface area contributed by atoms with Crippen LogP contribution in [0.4, 0.5) is 11.4 Å². The lowest BCUT2D eigenvalue weighted by molar-refractivity contribution is -0.138. The minimum Gasteiger partial charge on any atom is -0.480 e. The Balaban J connectivity index is 2.10. The number of benzene rings is 2. The van der Waals surface area contributed by atoms with Crippen molar-refractivity contribution in [3.63, 3.8) is 0 Å². The largest absolute Gasteiger partial charge is 0.480 e. The fraction of sp³-hybridized carbons (Fsp3) is 0.222. The van der Waals surface area contributed by atoms with Crippen LogP contribution >= 0.6 is 11.6 Å². The van der Waals surface area contributed by atoms with Gasteiger partial charge >= 0.3 is 5.97 Å². The molecule has 0 aromatic heterocycles. The first-order valence-electron chi connectivity index (χ1n) is 8.03. The number of fused-ring (bicyclic) bond motifs is 1. The Hall–Kier alpha value is -2.58. The maximum absolute atomic E-state index is 13.2. The number of aryl methyl sites for hydroxylation is 2. The number of para-hydroxylation sites is 2. The number of carboxylic acid groups (broad SMARTS) is 1. The molecule has 1 aliphatic heterocycles. The molecule has 1 heterocycles. The number of nitrogens with one attached hydrogen (secondary N) is 2. The molecule has 1 aliphatic rings. The Morgan fingerprint density at radius 3 is 2.41 bits per heavy atom. The summed E-state index contributed by atoms with van der Waals surface area (Å²) in [7, 11) is -4.39. The molecule has 0 saturated carbocycles. The van der Waals surface area contributed by atoms with Crippen LogP contribution in [-0.4, -0.2) is 36.7 Å². The van der Waals surface area contributed by atoms with Crippen LogP contribution in [0.1, 0.15) is 11.1 Å². The van der Waals surface area contributed by atoms with E-state index in [9.17, 15) is 23.1 Å². The van der Waals surface area contributed by atoms with E-state index in [-0.39, 0.29) is 4.90 Å². The van der Waals surface area contributed by atoms with Gasteiger partial charge in [0.25, 0.3) is 0 Å². The summed E-state index contributed by atoms with van der Waals surface area (Å²) in [6.07, 6.45) is 0. The summed E-state index contributed by atoms with van der Waals surface area (Å²) in [6, 6.07) is 7.96. The summed E-state index contributed by atoms with van der Waals surface area (Å²) in [5, 5.41) is 13.3. The molecule has 2 aromatic carbocycles. The number of anilines is 2. The summed E-state index contributed by atoms with van der Waals surface area (Å²) >= 11 is 6.02. The number of halogens is 1. The molecule has 3 rings (SSSR count). The summed E-state index contributed by atoms with van der Waals surface area (Å²) in [4.78, 5) is 24.2. The molecule has 0 radical (unpaired) electrons. The third-order valence-electron chi connectivity index (χ3n) is 4.42. The first kappa shape index (κ1) is 19.2. The van der Waals surface area contributed by atoms with E-state index < -0.39 is 33.0 Å². The number of aliphatic carboxylic acids is 1. The Morgan fingerprint density at radius 2 is 1.78 bits per heavy atom. The number of hydrogen-bond donors (Lipinski definition) is 3. The van der Waals surface area contributed by atoms with Gasteiger partial charge in [0, 0.05) is 5.02 Å². The van der Waals surface area contributed by atoms with Crippen molar-refractivity contribution in [2.45, 2.75) is 30.0 Å². The highest BCUT2D eigenvalue weighted by molar-refractivity contribution is 7.93. The van der Waals surface area contributed by atoms with Crippen LogP contribution in [0.15, 0.2) is 41.3 Å². The molecule has 142 valence electrons. The predicted octanol–water partition coefficient (Wildman–Crippen LogP) is 2.62. The summed E-state index contributed by atoms with van der Waals surface area (Å²) in [5.41, 5.74) is 1.72. The van der Waals surface area contributed by atoms with E-state index in [1.54, 1.807) is 31.2 Å². The number of amides is 1. The number of carbonyl (C=O) groups is 2. The molecule has 9 heteroatoms. The summed E-state index contributed by atoms with van der Waals surface area (Å²) < 4.78 is 26.3. The van der Waals surface area contributed by atoms with E-state index in [1.807, 2.05) is 0 Å². The van der Waals surface area contributed by atoms with E-state index in [4.69, 9.17) is 11.6 Å². The van der Waals surface area contributed by atoms with E-state index in [0.29, 0.717) is 27.5 Å². The monoisotopic (exact) mass is 408 g/mol. The predicted molar refractivity (Wildman–Crippen MR) is 102 cm³/mol. The average molecular weight is 409 g/mol. The SMILES string of the molecule is Cc1cc(S(=O)(=O)C(C(=O)O)C2Nc3ccccc3NC2=O)c(C)cc1Cl.